The summed E-state index contributed by atoms with van der Waals surface area (Å²) in [4.78, 5) is 13.0. The molecule has 1 saturated heterocycles. The molecule has 0 amide bonds. The Morgan fingerprint density at radius 2 is 2.20 bits per heavy atom. The highest BCUT2D eigenvalue weighted by Gasteiger charge is 2.25. The van der Waals surface area contributed by atoms with Gasteiger partial charge in [0.1, 0.15) is 0 Å². The van der Waals surface area contributed by atoms with E-state index in [9.17, 15) is 4.79 Å². The number of carbonyl (C=O) groups is 1. The van der Waals surface area contributed by atoms with Crippen molar-refractivity contribution in [1.82, 2.24) is 0 Å². The third-order valence-corrected chi connectivity index (χ3v) is 4.71. The van der Waals surface area contributed by atoms with Crippen LogP contribution in [0.5, 0.6) is 0 Å². The molecule has 1 aliphatic heterocycles. The topological polar surface area (TPSA) is 40.5 Å². The average Bonchev–Trinajstić information content (AvgIpc) is 2.40. The van der Waals surface area contributed by atoms with E-state index < -0.39 is 5.97 Å². The highest BCUT2D eigenvalue weighted by Crippen LogP contribution is 2.34. The number of benzene rings is 1. The molecular formula is C16H20BrNO2. The van der Waals surface area contributed by atoms with E-state index in [2.05, 4.69) is 40.7 Å². The summed E-state index contributed by atoms with van der Waals surface area (Å²) in [6, 6.07) is 6.53. The zero-order chi connectivity index (χ0) is 14.7. The second-order valence-electron chi connectivity index (χ2n) is 5.44. The Labute approximate surface area is 128 Å². The van der Waals surface area contributed by atoms with Gasteiger partial charge in [0.2, 0.25) is 0 Å². The number of carboxylic acids is 1. The summed E-state index contributed by atoms with van der Waals surface area (Å²) in [6.45, 7) is 5.65. The molecule has 2 rings (SSSR count). The number of aliphatic carboxylic acids is 1. The van der Waals surface area contributed by atoms with Gasteiger partial charge in [0.05, 0.1) is 5.69 Å². The molecule has 0 spiro atoms. The molecule has 108 valence electrons. The molecule has 1 N–H and O–H groups in total. The molecule has 1 heterocycles. The van der Waals surface area contributed by atoms with Crippen LogP contribution >= 0.6 is 15.9 Å². The molecule has 3 nitrogen and oxygen atoms in total. The highest BCUT2D eigenvalue weighted by molar-refractivity contribution is 9.10. The monoisotopic (exact) mass is 337 g/mol. The Morgan fingerprint density at radius 3 is 2.85 bits per heavy atom. The molecular weight excluding hydrogens is 318 g/mol. The molecule has 0 aromatic heterocycles. The van der Waals surface area contributed by atoms with Crippen LogP contribution in [-0.2, 0) is 4.79 Å². The van der Waals surface area contributed by atoms with Crippen molar-refractivity contribution in [3.05, 3.63) is 34.3 Å². The maximum absolute atomic E-state index is 10.5. The largest absolute Gasteiger partial charge is 0.478 e. The summed E-state index contributed by atoms with van der Waals surface area (Å²) in [7, 11) is 0. The van der Waals surface area contributed by atoms with Crippen molar-refractivity contribution in [2.45, 2.75) is 32.7 Å². The SMILES string of the molecule is CC1CCCN(c2ccc(/C=C/C(=O)O)cc2Br)C1C. The lowest BCUT2D eigenvalue weighted by molar-refractivity contribution is -0.131. The van der Waals surface area contributed by atoms with Crippen LogP contribution < -0.4 is 4.90 Å². The van der Waals surface area contributed by atoms with E-state index in [1.165, 1.54) is 18.5 Å². The number of anilines is 1. The first-order valence-electron chi connectivity index (χ1n) is 6.96. The van der Waals surface area contributed by atoms with Gasteiger partial charge in [-0.1, -0.05) is 13.0 Å². The molecule has 0 bridgehead atoms. The maximum Gasteiger partial charge on any atom is 0.328 e. The summed E-state index contributed by atoms with van der Waals surface area (Å²) < 4.78 is 1.02. The predicted octanol–water partition coefficient (Wildman–Crippen LogP) is 4.17. The highest BCUT2D eigenvalue weighted by atomic mass is 79.9. The third-order valence-electron chi connectivity index (χ3n) is 4.07. The van der Waals surface area contributed by atoms with E-state index in [4.69, 9.17) is 5.11 Å². The molecule has 1 aliphatic rings. The van der Waals surface area contributed by atoms with Crippen LogP contribution in [-0.4, -0.2) is 23.7 Å². The van der Waals surface area contributed by atoms with Crippen LogP contribution in [0.1, 0.15) is 32.3 Å². The van der Waals surface area contributed by atoms with Gasteiger partial charge in [-0.15, -0.1) is 0 Å². The van der Waals surface area contributed by atoms with Crippen molar-refractivity contribution in [3.63, 3.8) is 0 Å². The molecule has 4 heteroatoms. The minimum absolute atomic E-state index is 0.528. The number of rotatable bonds is 3. The Bertz CT molecular complexity index is 527. The maximum atomic E-state index is 10.5. The van der Waals surface area contributed by atoms with Crippen molar-refractivity contribution in [2.75, 3.05) is 11.4 Å². The molecule has 1 aromatic rings. The quantitative estimate of drug-likeness (QED) is 0.841. The Balaban J connectivity index is 2.23. The van der Waals surface area contributed by atoms with Gasteiger partial charge >= 0.3 is 5.97 Å². The number of nitrogens with zero attached hydrogens (tertiary/aromatic N) is 1. The van der Waals surface area contributed by atoms with Gasteiger partial charge in [-0.3, -0.25) is 0 Å². The van der Waals surface area contributed by atoms with Crippen molar-refractivity contribution >= 4 is 33.7 Å². The molecule has 1 aromatic carbocycles. The number of hydrogen-bond acceptors (Lipinski definition) is 2. The molecule has 20 heavy (non-hydrogen) atoms. The lowest BCUT2D eigenvalue weighted by Crippen LogP contribution is -2.42. The number of piperidine rings is 1. The zero-order valence-corrected chi connectivity index (χ0v) is 13.4. The molecule has 0 aliphatic carbocycles. The second-order valence-corrected chi connectivity index (χ2v) is 6.29. The van der Waals surface area contributed by atoms with E-state index in [-0.39, 0.29) is 0 Å². The van der Waals surface area contributed by atoms with Gasteiger partial charge in [-0.2, -0.15) is 0 Å². The van der Waals surface area contributed by atoms with Gasteiger partial charge in [-0.25, -0.2) is 4.79 Å². The molecule has 0 radical (unpaired) electrons. The summed E-state index contributed by atoms with van der Waals surface area (Å²) >= 11 is 3.61. The summed E-state index contributed by atoms with van der Waals surface area (Å²) in [5.41, 5.74) is 2.08. The Hall–Kier alpha value is -1.29. The van der Waals surface area contributed by atoms with Crippen LogP contribution in [0.25, 0.3) is 6.08 Å². The molecule has 0 saturated carbocycles. The minimum Gasteiger partial charge on any atom is -0.478 e. The van der Waals surface area contributed by atoms with Crippen LogP contribution in [0.4, 0.5) is 5.69 Å². The Kier molecular flexibility index (Phi) is 4.86. The lowest BCUT2D eigenvalue weighted by atomic mass is 9.91. The number of hydrogen-bond donors (Lipinski definition) is 1. The van der Waals surface area contributed by atoms with E-state index in [0.717, 1.165) is 22.7 Å². The number of carboxylic acid groups (broad SMARTS) is 1. The van der Waals surface area contributed by atoms with Gasteiger partial charge in [0, 0.05) is 23.1 Å². The first-order valence-corrected chi connectivity index (χ1v) is 7.75. The predicted molar refractivity (Wildman–Crippen MR) is 86.0 cm³/mol. The first kappa shape index (κ1) is 15.1. The van der Waals surface area contributed by atoms with Gasteiger partial charge in [-0.05, 0) is 65.4 Å². The first-order chi connectivity index (χ1) is 9.49. The Morgan fingerprint density at radius 1 is 1.45 bits per heavy atom. The van der Waals surface area contributed by atoms with Crippen LogP contribution in [0.3, 0.4) is 0 Å². The van der Waals surface area contributed by atoms with Crippen molar-refractivity contribution < 1.29 is 9.90 Å². The third kappa shape index (κ3) is 3.42. The van der Waals surface area contributed by atoms with Crippen molar-refractivity contribution in [3.8, 4) is 0 Å². The van der Waals surface area contributed by atoms with E-state index in [1.807, 2.05) is 12.1 Å². The van der Waals surface area contributed by atoms with Crippen LogP contribution in [0.15, 0.2) is 28.7 Å². The van der Waals surface area contributed by atoms with E-state index >= 15 is 0 Å². The molecule has 2 atom stereocenters. The van der Waals surface area contributed by atoms with Crippen molar-refractivity contribution in [1.29, 1.82) is 0 Å². The zero-order valence-electron chi connectivity index (χ0n) is 11.8. The standard InChI is InChI=1S/C16H20BrNO2/c1-11-4-3-9-18(12(11)2)15-7-5-13(10-14(15)17)6-8-16(19)20/h5-8,10-12H,3-4,9H2,1-2H3,(H,19,20)/b8-6+. The van der Waals surface area contributed by atoms with Crippen molar-refractivity contribution in [2.24, 2.45) is 5.92 Å². The average molecular weight is 338 g/mol. The number of halogens is 1. The second kappa shape index (κ2) is 6.44. The minimum atomic E-state index is -0.927. The van der Waals surface area contributed by atoms with Gasteiger partial charge < -0.3 is 10.0 Å². The van der Waals surface area contributed by atoms with E-state index in [1.54, 1.807) is 6.08 Å². The fraction of sp³-hybridized carbons (Fsp3) is 0.438. The smallest absolute Gasteiger partial charge is 0.328 e. The molecule has 2 unspecified atom stereocenters. The summed E-state index contributed by atoms with van der Waals surface area (Å²) in [5, 5.41) is 8.66. The normalized spacial score (nSPS) is 23.2. The van der Waals surface area contributed by atoms with Gasteiger partial charge in [0.15, 0.2) is 0 Å². The van der Waals surface area contributed by atoms with Gasteiger partial charge in [0.25, 0.3) is 0 Å². The molecule has 1 fully saturated rings. The lowest BCUT2D eigenvalue weighted by Gasteiger charge is -2.40. The summed E-state index contributed by atoms with van der Waals surface area (Å²) in [6.07, 6.45) is 5.28. The fourth-order valence-electron chi connectivity index (χ4n) is 2.70. The van der Waals surface area contributed by atoms with E-state index in [0.29, 0.717) is 12.0 Å². The van der Waals surface area contributed by atoms with Crippen LogP contribution in [0, 0.1) is 5.92 Å². The fourth-order valence-corrected chi connectivity index (χ4v) is 3.33. The summed E-state index contributed by atoms with van der Waals surface area (Å²) in [5.74, 6) is -0.231. The van der Waals surface area contributed by atoms with Crippen LogP contribution in [0.2, 0.25) is 0 Å².